The molecule has 0 radical (unpaired) electrons. The number of ketones is 1. The van der Waals surface area contributed by atoms with Crippen molar-refractivity contribution < 1.29 is 33.8 Å². The van der Waals surface area contributed by atoms with E-state index >= 15 is 0 Å². The van der Waals surface area contributed by atoms with E-state index in [4.69, 9.17) is 9.47 Å². The van der Waals surface area contributed by atoms with Gasteiger partial charge in [0, 0.05) is 12.2 Å². The smallest absolute Gasteiger partial charge is 0.305 e. The highest BCUT2D eigenvalue weighted by Gasteiger charge is 2.30. The number of rotatable bonds is 16. The standard InChI is InChI=1S/C28H36N2O7S/c1-18(2)27(30-25(32)13-10-20-14-21(36-3)11-12-24(20)37-4)28(35)29-22(15-26(33)34)23(31)17-38-16-19-8-6-5-7-9-19/h5-9,11-12,14,18,22,27H,10,13,15-17H2,1-4H3,(H,29,35)(H,30,32)(H,33,34)/t22-,27-/m0/s1. The lowest BCUT2D eigenvalue weighted by Crippen LogP contribution is -2.54. The Kier molecular flexibility index (Phi) is 12.6. The first-order chi connectivity index (χ1) is 18.1. The highest BCUT2D eigenvalue weighted by Crippen LogP contribution is 2.25. The fraction of sp³-hybridized carbons (Fsp3) is 0.429. The number of aliphatic carboxylic acids is 1. The predicted octanol–water partition coefficient (Wildman–Crippen LogP) is 3.24. The third kappa shape index (κ3) is 10.1. The third-order valence-electron chi connectivity index (χ3n) is 5.81. The van der Waals surface area contributed by atoms with Crippen LogP contribution in [-0.4, -0.2) is 60.7 Å². The zero-order chi connectivity index (χ0) is 28.1. The van der Waals surface area contributed by atoms with Gasteiger partial charge in [0.15, 0.2) is 5.78 Å². The minimum absolute atomic E-state index is 0.0498. The van der Waals surface area contributed by atoms with E-state index < -0.39 is 30.4 Å². The quantitative estimate of drug-likeness (QED) is 0.294. The van der Waals surface area contributed by atoms with Gasteiger partial charge in [-0.25, -0.2) is 0 Å². The van der Waals surface area contributed by atoms with Gasteiger partial charge < -0.3 is 25.2 Å². The molecule has 2 aromatic carbocycles. The van der Waals surface area contributed by atoms with Gasteiger partial charge in [0.05, 0.1) is 32.4 Å². The van der Waals surface area contributed by atoms with Gasteiger partial charge in [0.1, 0.15) is 17.5 Å². The Morgan fingerprint density at radius 2 is 1.68 bits per heavy atom. The topological polar surface area (TPSA) is 131 Å². The molecule has 9 nitrogen and oxygen atoms in total. The van der Waals surface area contributed by atoms with Gasteiger partial charge in [-0.05, 0) is 41.7 Å². The van der Waals surface area contributed by atoms with Gasteiger partial charge in [-0.2, -0.15) is 0 Å². The van der Waals surface area contributed by atoms with Crippen molar-refractivity contribution in [1.82, 2.24) is 10.6 Å². The van der Waals surface area contributed by atoms with Crippen LogP contribution in [-0.2, 0) is 31.4 Å². The fourth-order valence-corrected chi connectivity index (χ4v) is 4.66. The molecule has 0 unspecified atom stereocenters. The second kappa shape index (κ2) is 15.7. The lowest BCUT2D eigenvalue weighted by Gasteiger charge is -2.24. The summed E-state index contributed by atoms with van der Waals surface area (Å²) >= 11 is 1.35. The van der Waals surface area contributed by atoms with Crippen molar-refractivity contribution >= 4 is 35.3 Å². The van der Waals surface area contributed by atoms with Gasteiger partial charge in [0.2, 0.25) is 11.8 Å². The first kappa shape index (κ1) is 30.7. The highest BCUT2D eigenvalue weighted by molar-refractivity contribution is 7.99. The van der Waals surface area contributed by atoms with E-state index in [1.165, 1.54) is 11.8 Å². The van der Waals surface area contributed by atoms with E-state index in [0.29, 0.717) is 23.7 Å². The Hall–Kier alpha value is -3.53. The van der Waals surface area contributed by atoms with E-state index in [1.807, 2.05) is 30.3 Å². The first-order valence-corrected chi connectivity index (χ1v) is 13.5. The van der Waals surface area contributed by atoms with Crippen LogP contribution >= 0.6 is 11.8 Å². The zero-order valence-electron chi connectivity index (χ0n) is 22.2. The zero-order valence-corrected chi connectivity index (χ0v) is 23.0. The molecule has 0 saturated heterocycles. The van der Waals surface area contributed by atoms with E-state index in [1.54, 1.807) is 46.3 Å². The number of carbonyl (C=O) groups excluding carboxylic acids is 3. The Bertz CT molecular complexity index is 1090. The summed E-state index contributed by atoms with van der Waals surface area (Å²) in [5.74, 6) is -0.943. The minimum atomic E-state index is -1.20. The number of nitrogens with one attached hydrogen (secondary N) is 2. The van der Waals surface area contributed by atoms with E-state index in [0.717, 1.165) is 11.1 Å². The van der Waals surface area contributed by atoms with Crippen LogP contribution in [0.5, 0.6) is 11.5 Å². The first-order valence-electron chi connectivity index (χ1n) is 12.3. The van der Waals surface area contributed by atoms with Crippen LogP contribution in [0.4, 0.5) is 0 Å². The Morgan fingerprint density at radius 3 is 2.29 bits per heavy atom. The molecule has 0 fully saturated rings. The van der Waals surface area contributed by atoms with Gasteiger partial charge in [0.25, 0.3) is 0 Å². The number of Topliss-reactive ketones (excluding diaryl/α,β-unsaturated/α-hetero) is 1. The lowest BCUT2D eigenvalue weighted by atomic mass is 10.0. The number of carbonyl (C=O) groups is 4. The molecular formula is C28H36N2O7S. The van der Waals surface area contributed by atoms with Crippen LogP contribution in [0.15, 0.2) is 48.5 Å². The van der Waals surface area contributed by atoms with Gasteiger partial charge in [-0.15, -0.1) is 11.8 Å². The molecule has 0 bridgehead atoms. The average Bonchev–Trinajstić information content (AvgIpc) is 2.89. The molecule has 0 aliphatic rings. The number of benzene rings is 2. The number of methoxy groups -OCH3 is 2. The molecule has 206 valence electrons. The molecule has 0 saturated carbocycles. The maximum Gasteiger partial charge on any atom is 0.305 e. The Morgan fingerprint density at radius 1 is 0.974 bits per heavy atom. The van der Waals surface area contributed by atoms with Crippen molar-refractivity contribution in [2.75, 3.05) is 20.0 Å². The molecule has 2 rings (SSSR count). The summed E-state index contributed by atoms with van der Waals surface area (Å²) in [5.41, 5.74) is 1.82. The number of thioether (sulfide) groups is 1. The number of aryl methyl sites for hydroxylation is 1. The summed E-state index contributed by atoms with van der Waals surface area (Å²) in [6.07, 6.45) is -0.0874. The number of amides is 2. The number of hydrogen-bond donors (Lipinski definition) is 3. The molecule has 2 aromatic rings. The largest absolute Gasteiger partial charge is 0.497 e. The van der Waals surface area contributed by atoms with Crippen molar-refractivity contribution in [2.24, 2.45) is 5.92 Å². The summed E-state index contributed by atoms with van der Waals surface area (Å²) in [5, 5.41) is 14.6. The third-order valence-corrected chi connectivity index (χ3v) is 6.84. The summed E-state index contributed by atoms with van der Waals surface area (Å²) in [6.45, 7) is 3.53. The van der Waals surface area contributed by atoms with Crippen molar-refractivity contribution in [2.45, 2.75) is 50.9 Å². The second-order valence-electron chi connectivity index (χ2n) is 9.07. The maximum absolute atomic E-state index is 13.1. The molecule has 0 heterocycles. The number of carboxylic acid groups (broad SMARTS) is 1. The van der Waals surface area contributed by atoms with Crippen molar-refractivity contribution in [3.63, 3.8) is 0 Å². The Labute approximate surface area is 227 Å². The van der Waals surface area contributed by atoms with E-state index in [2.05, 4.69) is 10.6 Å². The van der Waals surface area contributed by atoms with Gasteiger partial charge in [-0.3, -0.25) is 19.2 Å². The van der Waals surface area contributed by atoms with Gasteiger partial charge in [-0.1, -0.05) is 44.2 Å². The normalized spacial score (nSPS) is 12.3. The number of ether oxygens (including phenoxy) is 2. The molecule has 3 N–H and O–H groups in total. The van der Waals surface area contributed by atoms with E-state index in [9.17, 15) is 24.3 Å². The monoisotopic (exact) mass is 544 g/mol. The molecule has 2 atom stereocenters. The SMILES string of the molecule is COc1ccc(OC)c(CCC(=O)N[C@H](C(=O)N[C@@H](CC(=O)O)C(=O)CSCc2ccccc2)C(C)C)c1. The summed E-state index contributed by atoms with van der Waals surface area (Å²) in [4.78, 5) is 50.0. The molecule has 10 heteroatoms. The summed E-state index contributed by atoms with van der Waals surface area (Å²) in [6, 6.07) is 12.8. The van der Waals surface area contributed by atoms with Crippen molar-refractivity contribution in [3.8, 4) is 11.5 Å². The molecular weight excluding hydrogens is 508 g/mol. The van der Waals surface area contributed by atoms with Crippen LogP contribution in [0.3, 0.4) is 0 Å². The van der Waals surface area contributed by atoms with E-state index in [-0.39, 0.29) is 29.8 Å². The number of carboxylic acids is 1. The van der Waals surface area contributed by atoms with Crippen LogP contribution in [0, 0.1) is 5.92 Å². The predicted molar refractivity (Wildman–Crippen MR) is 146 cm³/mol. The average molecular weight is 545 g/mol. The molecule has 0 spiro atoms. The second-order valence-corrected chi connectivity index (χ2v) is 10.1. The van der Waals surface area contributed by atoms with Crippen molar-refractivity contribution in [3.05, 3.63) is 59.7 Å². The Balaban J connectivity index is 1.98. The van der Waals surface area contributed by atoms with Crippen LogP contribution in [0.1, 0.15) is 37.8 Å². The van der Waals surface area contributed by atoms with Gasteiger partial charge >= 0.3 is 5.97 Å². The summed E-state index contributed by atoms with van der Waals surface area (Å²) in [7, 11) is 3.09. The van der Waals surface area contributed by atoms with Crippen molar-refractivity contribution in [1.29, 1.82) is 0 Å². The lowest BCUT2D eigenvalue weighted by molar-refractivity contribution is -0.140. The number of hydrogen-bond acceptors (Lipinski definition) is 7. The molecule has 0 aliphatic heterocycles. The van der Waals surface area contributed by atoms with Crippen LogP contribution in [0.2, 0.25) is 0 Å². The maximum atomic E-state index is 13.1. The molecule has 0 aromatic heterocycles. The highest BCUT2D eigenvalue weighted by atomic mass is 32.2. The minimum Gasteiger partial charge on any atom is -0.497 e. The molecule has 0 aliphatic carbocycles. The van der Waals surface area contributed by atoms with Crippen LogP contribution in [0.25, 0.3) is 0 Å². The summed E-state index contributed by atoms with van der Waals surface area (Å²) < 4.78 is 10.6. The molecule has 2 amide bonds. The molecule has 38 heavy (non-hydrogen) atoms. The fourth-order valence-electron chi connectivity index (χ4n) is 3.73. The van der Waals surface area contributed by atoms with Crippen LogP contribution < -0.4 is 20.1 Å².